The lowest BCUT2D eigenvalue weighted by Gasteiger charge is -2.31. The molecule has 6 heteroatoms. The van der Waals surface area contributed by atoms with Gasteiger partial charge in [-0.2, -0.15) is 0 Å². The van der Waals surface area contributed by atoms with Crippen LogP contribution in [0.1, 0.15) is 36.5 Å². The predicted molar refractivity (Wildman–Crippen MR) is 82.0 cm³/mol. The number of carboxylic acids is 1. The number of hydrogen-bond acceptors (Lipinski definition) is 2. The summed E-state index contributed by atoms with van der Waals surface area (Å²) in [4.78, 5) is 24.8. The van der Waals surface area contributed by atoms with Crippen molar-refractivity contribution < 1.29 is 14.7 Å². The molecule has 2 amide bonds. The van der Waals surface area contributed by atoms with Crippen LogP contribution >= 0.6 is 11.6 Å². The second-order valence-electron chi connectivity index (χ2n) is 5.27. The number of piperidine rings is 1. The predicted octanol–water partition coefficient (Wildman–Crippen LogP) is 3.69. The molecule has 0 spiro atoms. The smallest absolute Gasteiger partial charge is 0.335 e. The molecule has 2 rings (SSSR count). The van der Waals surface area contributed by atoms with Gasteiger partial charge in [0.05, 0.1) is 16.3 Å². The molecule has 0 radical (unpaired) electrons. The zero-order valence-electron chi connectivity index (χ0n) is 11.9. The Morgan fingerprint density at radius 1 is 1.38 bits per heavy atom. The van der Waals surface area contributed by atoms with Gasteiger partial charge in [0, 0.05) is 13.1 Å². The second-order valence-corrected chi connectivity index (χ2v) is 5.68. The van der Waals surface area contributed by atoms with E-state index in [0.717, 1.165) is 32.4 Å². The maximum Gasteiger partial charge on any atom is 0.335 e. The summed E-state index contributed by atoms with van der Waals surface area (Å²) in [5.41, 5.74) is 0.533. The number of carbonyl (C=O) groups is 2. The first-order valence-corrected chi connectivity index (χ1v) is 7.47. The lowest BCUT2D eigenvalue weighted by molar-refractivity contribution is 0.0697. The number of nitrogens with zero attached hydrogens (tertiary/aromatic N) is 1. The number of hydrogen-bond donors (Lipinski definition) is 2. The number of carboxylic acid groups (broad SMARTS) is 1. The van der Waals surface area contributed by atoms with E-state index in [1.54, 1.807) is 4.90 Å². The van der Waals surface area contributed by atoms with Gasteiger partial charge in [-0.1, -0.05) is 24.9 Å². The number of nitrogens with one attached hydrogen (secondary N) is 1. The Balaban J connectivity index is 1.98. The number of aromatic carboxylic acids is 1. The number of carbonyl (C=O) groups excluding carboxylic acids is 1. The van der Waals surface area contributed by atoms with Crippen molar-refractivity contribution >= 4 is 29.3 Å². The third-order valence-corrected chi connectivity index (χ3v) is 4.25. The van der Waals surface area contributed by atoms with E-state index in [2.05, 4.69) is 12.2 Å². The molecular weight excluding hydrogens is 292 g/mol. The van der Waals surface area contributed by atoms with Crippen LogP contribution in [0, 0.1) is 5.92 Å². The second kappa shape index (κ2) is 6.80. The van der Waals surface area contributed by atoms with Crippen molar-refractivity contribution in [2.45, 2.75) is 26.2 Å². The zero-order valence-corrected chi connectivity index (χ0v) is 12.7. The van der Waals surface area contributed by atoms with Gasteiger partial charge < -0.3 is 15.3 Å². The van der Waals surface area contributed by atoms with Crippen LogP contribution in [0.2, 0.25) is 5.02 Å². The fraction of sp³-hybridized carbons (Fsp3) is 0.467. The standard InChI is InChI=1S/C15H19ClN2O3/c1-2-10-5-7-18(8-6-10)15(21)17-13-4-3-11(14(19)20)9-12(13)16/h3-4,9-10H,2,5-8H2,1H3,(H,17,21)(H,19,20). The summed E-state index contributed by atoms with van der Waals surface area (Å²) < 4.78 is 0. The number of amides is 2. The summed E-state index contributed by atoms with van der Waals surface area (Å²) in [6.07, 6.45) is 3.20. The molecule has 0 saturated carbocycles. The first-order valence-electron chi connectivity index (χ1n) is 7.10. The van der Waals surface area contributed by atoms with Gasteiger partial charge in [-0.05, 0) is 37.0 Å². The summed E-state index contributed by atoms with van der Waals surface area (Å²) in [7, 11) is 0. The molecule has 1 fully saturated rings. The van der Waals surface area contributed by atoms with Gasteiger partial charge in [0.25, 0.3) is 0 Å². The Bertz CT molecular complexity index is 540. The van der Waals surface area contributed by atoms with E-state index in [0.29, 0.717) is 11.6 Å². The highest BCUT2D eigenvalue weighted by Crippen LogP contribution is 2.25. The minimum Gasteiger partial charge on any atom is -0.478 e. The van der Waals surface area contributed by atoms with E-state index in [1.165, 1.54) is 18.2 Å². The summed E-state index contributed by atoms with van der Waals surface area (Å²) in [6.45, 7) is 3.66. The number of rotatable bonds is 3. The number of likely N-dealkylation sites (tertiary alicyclic amines) is 1. The van der Waals surface area contributed by atoms with Crippen LogP contribution < -0.4 is 5.32 Å². The first-order chi connectivity index (χ1) is 10.0. The van der Waals surface area contributed by atoms with Gasteiger partial charge >= 0.3 is 12.0 Å². The van der Waals surface area contributed by atoms with Crippen molar-refractivity contribution in [1.29, 1.82) is 0 Å². The van der Waals surface area contributed by atoms with Crippen LogP contribution in [0.15, 0.2) is 18.2 Å². The van der Waals surface area contributed by atoms with Gasteiger partial charge in [-0.3, -0.25) is 0 Å². The molecule has 1 aliphatic rings. The molecule has 0 aliphatic carbocycles. The molecular formula is C15H19ClN2O3. The van der Waals surface area contributed by atoms with Crippen LogP contribution in [0.3, 0.4) is 0 Å². The van der Waals surface area contributed by atoms with Crippen molar-refractivity contribution in [1.82, 2.24) is 4.90 Å². The molecule has 2 N–H and O–H groups in total. The summed E-state index contributed by atoms with van der Waals surface area (Å²) in [5, 5.41) is 11.8. The number of benzene rings is 1. The van der Waals surface area contributed by atoms with Crippen molar-refractivity contribution in [2.24, 2.45) is 5.92 Å². The van der Waals surface area contributed by atoms with E-state index in [-0.39, 0.29) is 16.6 Å². The summed E-state index contributed by atoms with van der Waals surface area (Å²) in [5.74, 6) is -0.344. The molecule has 1 aromatic carbocycles. The van der Waals surface area contributed by atoms with Crippen molar-refractivity contribution in [3.8, 4) is 0 Å². The molecule has 21 heavy (non-hydrogen) atoms. The monoisotopic (exact) mass is 310 g/mol. The fourth-order valence-corrected chi connectivity index (χ4v) is 2.72. The molecule has 0 unspecified atom stereocenters. The van der Waals surface area contributed by atoms with E-state index in [1.807, 2.05) is 0 Å². The van der Waals surface area contributed by atoms with Crippen LogP contribution in [0.5, 0.6) is 0 Å². The third-order valence-electron chi connectivity index (χ3n) is 3.94. The minimum atomic E-state index is -1.04. The number of halogens is 1. The Hall–Kier alpha value is -1.75. The maximum absolute atomic E-state index is 12.2. The highest BCUT2D eigenvalue weighted by molar-refractivity contribution is 6.34. The van der Waals surface area contributed by atoms with Gasteiger partial charge in [-0.15, -0.1) is 0 Å². The van der Waals surface area contributed by atoms with Crippen LogP contribution in [0.25, 0.3) is 0 Å². The SMILES string of the molecule is CCC1CCN(C(=O)Nc2ccc(C(=O)O)cc2Cl)CC1. The number of urea groups is 1. The van der Waals surface area contributed by atoms with E-state index < -0.39 is 5.97 Å². The highest BCUT2D eigenvalue weighted by Gasteiger charge is 2.22. The molecule has 114 valence electrons. The molecule has 1 aliphatic heterocycles. The molecule has 1 aromatic rings. The zero-order chi connectivity index (χ0) is 15.4. The Morgan fingerprint density at radius 2 is 2.05 bits per heavy atom. The summed E-state index contributed by atoms with van der Waals surface area (Å²) >= 11 is 6.01. The Morgan fingerprint density at radius 3 is 2.57 bits per heavy atom. The van der Waals surface area contributed by atoms with E-state index in [9.17, 15) is 9.59 Å². The maximum atomic E-state index is 12.2. The van der Waals surface area contributed by atoms with E-state index >= 15 is 0 Å². The summed E-state index contributed by atoms with van der Waals surface area (Å²) in [6, 6.07) is 4.09. The van der Waals surface area contributed by atoms with Gasteiger partial charge in [0.1, 0.15) is 0 Å². The molecule has 5 nitrogen and oxygen atoms in total. The van der Waals surface area contributed by atoms with Gasteiger partial charge in [0.15, 0.2) is 0 Å². The van der Waals surface area contributed by atoms with Gasteiger partial charge in [-0.25, -0.2) is 9.59 Å². The normalized spacial score (nSPS) is 15.8. The van der Waals surface area contributed by atoms with Crippen LogP contribution in [-0.4, -0.2) is 35.1 Å². The minimum absolute atomic E-state index is 0.0989. The Kier molecular flexibility index (Phi) is 5.07. The molecule has 1 heterocycles. The third kappa shape index (κ3) is 3.88. The topological polar surface area (TPSA) is 69.6 Å². The van der Waals surface area contributed by atoms with Crippen LogP contribution in [0.4, 0.5) is 10.5 Å². The average molecular weight is 311 g/mol. The lowest BCUT2D eigenvalue weighted by Crippen LogP contribution is -2.41. The largest absolute Gasteiger partial charge is 0.478 e. The van der Waals surface area contributed by atoms with Gasteiger partial charge in [0.2, 0.25) is 0 Å². The van der Waals surface area contributed by atoms with Crippen LogP contribution in [-0.2, 0) is 0 Å². The molecule has 0 aromatic heterocycles. The van der Waals surface area contributed by atoms with Crippen molar-refractivity contribution in [2.75, 3.05) is 18.4 Å². The molecule has 0 bridgehead atoms. The average Bonchev–Trinajstić information content (AvgIpc) is 2.49. The quantitative estimate of drug-likeness (QED) is 0.894. The van der Waals surface area contributed by atoms with Crippen molar-refractivity contribution in [3.63, 3.8) is 0 Å². The molecule has 0 atom stereocenters. The lowest BCUT2D eigenvalue weighted by atomic mass is 9.95. The molecule has 1 saturated heterocycles. The number of anilines is 1. The Labute approximate surface area is 128 Å². The van der Waals surface area contributed by atoms with Crippen molar-refractivity contribution in [3.05, 3.63) is 28.8 Å². The van der Waals surface area contributed by atoms with E-state index in [4.69, 9.17) is 16.7 Å². The highest BCUT2D eigenvalue weighted by atomic mass is 35.5. The fourth-order valence-electron chi connectivity index (χ4n) is 2.49. The first kappa shape index (κ1) is 15.6.